The van der Waals surface area contributed by atoms with E-state index in [2.05, 4.69) is 16.4 Å². The molecule has 0 saturated heterocycles. The van der Waals surface area contributed by atoms with Gasteiger partial charge in [0, 0.05) is 61.2 Å². The van der Waals surface area contributed by atoms with Crippen molar-refractivity contribution in [1.29, 1.82) is 0 Å². The van der Waals surface area contributed by atoms with E-state index in [0.29, 0.717) is 32.9 Å². The highest BCUT2D eigenvalue weighted by atomic mass is 35.5. The number of aromatic nitrogens is 2. The summed E-state index contributed by atoms with van der Waals surface area (Å²) in [5.74, 6) is -0.257. The van der Waals surface area contributed by atoms with Crippen LogP contribution < -0.4 is 10.2 Å². The molecule has 3 aromatic carbocycles. The summed E-state index contributed by atoms with van der Waals surface area (Å²) >= 11 is 7.61. The number of amides is 1. The lowest BCUT2D eigenvalue weighted by Gasteiger charge is -2.18. The summed E-state index contributed by atoms with van der Waals surface area (Å²) in [6.45, 7) is 0. The second-order valence-electron chi connectivity index (χ2n) is 9.23. The maximum absolute atomic E-state index is 13.6. The minimum atomic E-state index is -0.361. The van der Waals surface area contributed by atoms with E-state index in [1.807, 2.05) is 55.4 Å². The number of rotatable bonds is 5. The van der Waals surface area contributed by atoms with Crippen LogP contribution in [0.2, 0.25) is 5.02 Å². The molecule has 6 nitrogen and oxygen atoms in total. The molecule has 0 bridgehead atoms. The molecule has 9 heteroatoms. The molecule has 0 unspecified atom stereocenters. The Morgan fingerprint density at radius 2 is 1.79 bits per heavy atom. The largest absolute Gasteiger partial charge is 0.455 e. The third kappa shape index (κ3) is 4.51. The Labute approximate surface area is 232 Å². The van der Waals surface area contributed by atoms with Crippen LogP contribution in [-0.4, -0.2) is 37.0 Å². The van der Waals surface area contributed by atoms with E-state index in [1.165, 1.54) is 23.5 Å². The summed E-state index contributed by atoms with van der Waals surface area (Å²) in [5.41, 5.74) is 6.07. The maximum atomic E-state index is 13.6. The van der Waals surface area contributed by atoms with Crippen molar-refractivity contribution < 1.29 is 13.6 Å². The van der Waals surface area contributed by atoms with Gasteiger partial charge in [0.05, 0.1) is 10.6 Å². The first kappa shape index (κ1) is 25.0. The van der Waals surface area contributed by atoms with Crippen molar-refractivity contribution in [3.05, 3.63) is 89.3 Å². The van der Waals surface area contributed by atoms with Crippen LogP contribution in [0.4, 0.5) is 10.1 Å². The van der Waals surface area contributed by atoms with Gasteiger partial charge in [0.1, 0.15) is 32.5 Å². The fourth-order valence-corrected chi connectivity index (χ4v) is 5.67. The predicted molar refractivity (Wildman–Crippen MR) is 156 cm³/mol. The highest BCUT2D eigenvalue weighted by molar-refractivity contribution is 7.21. The number of thiazole rings is 1. The van der Waals surface area contributed by atoms with E-state index in [9.17, 15) is 9.18 Å². The summed E-state index contributed by atoms with van der Waals surface area (Å²) in [6.07, 6.45) is 1.62. The Morgan fingerprint density at radius 1 is 1.03 bits per heavy atom. The normalized spacial score (nSPS) is 11.3. The van der Waals surface area contributed by atoms with Crippen LogP contribution in [0.15, 0.2) is 77.3 Å². The number of hydrogen-bond acceptors (Lipinski definition) is 6. The van der Waals surface area contributed by atoms with Gasteiger partial charge in [0.2, 0.25) is 0 Å². The van der Waals surface area contributed by atoms with Crippen LogP contribution in [0.1, 0.15) is 10.4 Å². The van der Waals surface area contributed by atoms with Crippen molar-refractivity contribution >= 4 is 55.8 Å². The van der Waals surface area contributed by atoms with Gasteiger partial charge in [-0.05, 0) is 48.0 Å². The van der Waals surface area contributed by atoms with Crippen LogP contribution in [0.5, 0.6) is 0 Å². The average Bonchev–Trinajstić information content (AvgIpc) is 3.53. The van der Waals surface area contributed by atoms with Crippen molar-refractivity contribution in [3.8, 4) is 33.0 Å². The Hall–Kier alpha value is -4.27. The van der Waals surface area contributed by atoms with Gasteiger partial charge in [-0.1, -0.05) is 41.1 Å². The van der Waals surface area contributed by atoms with E-state index in [-0.39, 0.29) is 11.7 Å². The molecule has 1 amide bonds. The summed E-state index contributed by atoms with van der Waals surface area (Å²) in [7, 11) is 5.50. The van der Waals surface area contributed by atoms with E-state index in [0.717, 1.165) is 37.7 Å². The third-order valence-corrected chi connectivity index (χ3v) is 7.72. The first-order valence-electron chi connectivity index (χ1n) is 12.1. The molecule has 3 aromatic heterocycles. The lowest BCUT2D eigenvalue weighted by molar-refractivity contribution is 0.0964. The van der Waals surface area contributed by atoms with Gasteiger partial charge in [0.25, 0.3) is 5.91 Å². The first-order chi connectivity index (χ1) is 18.8. The molecular weight excluding hydrogens is 535 g/mol. The summed E-state index contributed by atoms with van der Waals surface area (Å²) < 4.78 is 19.8. The molecule has 6 rings (SSSR count). The third-order valence-electron chi connectivity index (χ3n) is 6.48. The molecule has 39 heavy (non-hydrogen) atoms. The van der Waals surface area contributed by atoms with Crippen molar-refractivity contribution in [3.63, 3.8) is 0 Å². The molecular formula is C30H22ClFN4O2S. The number of pyridine rings is 1. The van der Waals surface area contributed by atoms with E-state index < -0.39 is 0 Å². The molecule has 194 valence electrons. The molecule has 0 aliphatic rings. The lowest BCUT2D eigenvalue weighted by Crippen LogP contribution is -2.18. The maximum Gasteiger partial charge on any atom is 0.255 e. The number of halogens is 2. The Bertz CT molecular complexity index is 1880. The molecule has 0 atom stereocenters. The number of furan rings is 1. The molecule has 3 heterocycles. The van der Waals surface area contributed by atoms with Crippen LogP contribution in [-0.2, 0) is 0 Å². The Morgan fingerprint density at radius 3 is 2.54 bits per heavy atom. The van der Waals surface area contributed by atoms with Crippen molar-refractivity contribution in [2.75, 3.05) is 26.0 Å². The number of hydrogen-bond donors (Lipinski definition) is 1. The zero-order valence-electron chi connectivity index (χ0n) is 21.3. The number of carbonyl (C=O) groups is 1. The van der Waals surface area contributed by atoms with Crippen LogP contribution >= 0.6 is 22.9 Å². The van der Waals surface area contributed by atoms with E-state index >= 15 is 0 Å². The van der Waals surface area contributed by atoms with Gasteiger partial charge in [0.15, 0.2) is 0 Å². The van der Waals surface area contributed by atoms with Gasteiger partial charge in [-0.3, -0.25) is 4.79 Å². The minimum Gasteiger partial charge on any atom is -0.455 e. The number of carbonyl (C=O) groups excluding carboxylic acids is 1. The van der Waals surface area contributed by atoms with Gasteiger partial charge >= 0.3 is 0 Å². The van der Waals surface area contributed by atoms with Crippen molar-refractivity contribution in [2.24, 2.45) is 0 Å². The summed E-state index contributed by atoms with van der Waals surface area (Å²) in [4.78, 5) is 25.0. The second-order valence-corrected chi connectivity index (χ2v) is 10.6. The predicted octanol–water partition coefficient (Wildman–Crippen LogP) is 7.66. The highest BCUT2D eigenvalue weighted by Gasteiger charge is 2.24. The number of anilines is 1. The van der Waals surface area contributed by atoms with Gasteiger partial charge in [-0.2, -0.15) is 0 Å². The van der Waals surface area contributed by atoms with Crippen LogP contribution in [0, 0.1) is 5.82 Å². The molecule has 0 radical (unpaired) electrons. The van der Waals surface area contributed by atoms with Crippen molar-refractivity contribution in [2.45, 2.75) is 0 Å². The molecule has 0 saturated carbocycles. The molecule has 0 aliphatic heterocycles. The SMILES string of the molecule is CNC(=O)c1c(-c2ccc(F)cc2)oc2cc(N(C)C)c(-c3cccc(-c4nc5cc(Cl)cnc5s4)c3)cc12. The average molecular weight is 557 g/mol. The molecule has 1 N–H and O–H groups in total. The second kappa shape index (κ2) is 9.80. The standard InChI is InChI=1S/C30H22ClFN4O2S/c1-33-28(37)26-22-13-21(24(36(2)3)14-25(22)38-27(26)16-7-9-20(32)10-8-16)17-5-4-6-18(11-17)29-35-23-12-19(31)15-34-30(23)39-29/h4-15H,1-3H3,(H,33,37). The monoisotopic (exact) mass is 556 g/mol. The van der Waals surface area contributed by atoms with Gasteiger partial charge in [-0.15, -0.1) is 0 Å². The molecule has 0 spiro atoms. The molecule has 6 aromatic rings. The zero-order chi connectivity index (χ0) is 27.3. The van der Waals surface area contributed by atoms with Gasteiger partial charge < -0.3 is 14.6 Å². The Kier molecular flexibility index (Phi) is 6.29. The summed E-state index contributed by atoms with van der Waals surface area (Å²) in [6, 6.07) is 19.7. The van der Waals surface area contributed by atoms with Crippen LogP contribution in [0.3, 0.4) is 0 Å². The lowest BCUT2D eigenvalue weighted by atomic mass is 9.97. The number of fused-ring (bicyclic) bond motifs is 2. The minimum absolute atomic E-state index is 0.286. The van der Waals surface area contributed by atoms with Gasteiger partial charge in [-0.25, -0.2) is 14.4 Å². The van der Waals surface area contributed by atoms with E-state index in [4.69, 9.17) is 21.0 Å². The smallest absolute Gasteiger partial charge is 0.255 e. The fourth-order valence-electron chi connectivity index (χ4n) is 4.63. The topological polar surface area (TPSA) is 71.3 Å². The molecule has 0 aliphatic carbocycles. The highest BCUT2D eigenvalue weighted by Crippen LogP contribution is 2.41. The number of benzene rings is 3. The number of nitrogens with one attached hydrogen (secondary N) is 1. The molecule has 0 fully saturated rings. The first-order valence-corrected chi connectivity index (χ1v) is 13.3. The van der Waals surface area contributed by atoms with E-state index in [1.54, 1.807) is 25.4 Å². The van der Waals surface area contributed by atoms with Crippen molar-refractivity contribution in [1.82, 2.24) is 15.3 Å². The summed E-state index contributed by atoms with van der Waals surface area (Å²) in [5, 5.41) is 4.77. The zero-order valence-corrected chi connectivity index (χ0v) is 22.8. The number of nitrogens with zero attached hydrogens (tertiary/aromatic N) is 3. The quantitative estimate of drug-likeness (QED) is 0.236. The van der Waals surface area contributed by atoms with Crippen LogP contribution in [0.25, 0.3) is 54.3 Å². The fraction of sp³-hybridized carbons (Fsp3) is 0.100. The Balaban J connectivity index is 1.55.